The van der Waals surface area contributed by atoms with Crippen LogP contribution in [0, 0.1) is 11.7 Å². The van der Waals surface area contributed by atoms with Gasteiger partial charge in [0.05, 0.1) is 6.61 Å². The molecular formula is C27H30ClFO2Si. The Morgan fingerprint density at radius 1 is 0.906 bits per heavy atom. The highest BCUT2D eigenvalue weighted by Crippen LogP contribution is 2.41. The molecule has 0 aliphatic heterocycles. The maximum atomic E-state index is 14.0. The number of benzene rings is 3. The molecular weight excluding hydrogens is 439 g/mol. The minimum absolute atomic E-state index is 0.0380. The number of halogens is 2. The maximum Gasteiger partial charge on any atom is 0.261 e. The van der Waals surface area contributed by atoms with Crippen LogP contribution >= 0.6 is 11.6 Å². The van der Waals surface area contributed by atoms with Gasteiger partial charge in [-0.15, -0.1) is 0 Å². The summed E-state index contributed by atoms with van der Waals surface area (Å²) in [6.07, 6.45) is 2.00. The zero-order chi connectivity index (χ0) is 22.8. The molecule has 1 aliphatic carbocycles. The summed E-state index contributed by atoms with van der Waals surface area (Å²) in [5, 5.41) is 2.92. The molecule has 0 spiro atoms. The van der Waals surface area contributed by atoms with Crippen LogP contribution in [0.2, 0.25) is 10.1 Å². The predicted molar refractivity (Wildman–Crippen MR) is 132 cm³/mol. The van der Waals surface area contributed by atoms with Crippen molar-refractivity contribution in [2.24, 2.45) is 5.92 Å². The Hall–Kier alpha value is -2.14. The quantitative estimate of drug-likeness (QED) is 0.383. The molecule has 2 nitrogen and oxygen atoms in total. The average Bonchev–Trinajstić information content (AvgIpc) is 2.74. The summed E-state index contributed by atoms with van der Waals surface area (Å²) >= 11 is 5.83. The van der Waals surface area contributed by atoms with Gasteiger partial charge in [-0.25, -0.2) is 4.39 Å². The molecule has 0 N–H and O–H groups in total. The van der Waals surface area contributed by atoms with Crippen LogP contribution in [0.4, 0.5) is 4.39 Å². The van der Waals surface area contributed by atoms with Gasteiger partial charge in [-0.2, -0.15) is 0 Å². The van der Waals surface area contributed by atoms with E-state index in [0.717, 1.165) is 12.8 Å². The first kappa shape index (κ1) is 23.0. The summed E-state index contributed by atoms with van der Waals surface area (Å²) in [7, 11) is -2.53. The van der Waals surface area contributed by atoms with Gasteiger partial charge in [-0.1, -0.05) is 93.0 Å². The van der Waals surface area contributed by atoms with Gasteiger partial charge in [0.15, 0.2) is 11.6 Å². The lowest BCUT2D eigenvalue weighted by molar-refractivity contribution is 0.0309. The normalized spacial score (nSPS) is 18.8. The lowest BCUT2D eigenvalue weighted by Gasteiger charge is -2.48. The minimum Gasteiger partial charge on any atom is -0.490 e. The van der Waals surface area contributed by atoms with Crippen molar-refractivity contribution >= 4 is 30.3 Å². The summed E-state index contributed by atoms with van der Waals surface area (Å²) in [6, 6.07) is 25.9. The van der Waals surface area contributed by atoms with Gasteiger partial charge in [0.25, 0.3) is 8.32 Å². The Kier molecular flexibility index (Phi) is 6.75. The van der Waals surface area contributed by atoms with E-state index in [4.69, 9.17) is 20.8 Å². The number of hydrogen-bond donors (Lipinski definition) is 0. The Balaban J connectivity index is 1.51. The monoisotopic (exact) mass is 468 g/mol. The molecule has 0 saturated heterocycles. The molecule has 0 radical (unpaired) electrons. The van der Waals surface area contributed by atoms with Gasteiger partial charge in [-0.3, -0.25) is 0 Å². The van der Waals surface area contributed by atoms with E-state index in [0.29, 0.717) is 17.5 Å². The fraction of sp³-hybridized carbons (Fsp3) is 0.333. The second kappa shape index (κ2) is 9.38. The van der Waals surface area contributed by atoms with Crippen molar-refractivity contribution < 1.29 is 13.6 Å². The summed E-state index contributed by atoms with van der Waals surface area (Å²) in [6.45, 7) is 7.37. The van der Waals surface area contributed by atoms with E-state index in [2.05, 4.69) is 81.4 Å². The number of ether oxygens (including phenoxy) is 1. The molecule has 4 rings (SSSR count). The van der Waals surface area contributed by atoms with E-state index in [1.165, 1.54) is 16.4 Å². The van der Waals surface area contributed by atoms with Crippen molar-refractivity contribution in [2.75, 3.05) is 6.61 Å². The van der Waals surface area contributed by atoms with E-state index in [9.17, 15) is 4.39 Å². The van der Waals surface area contributed by atoms with Crippen LogP contribution in [0.1, 0.15) is 33.6 Å². The van der Waals surface area contributed by atoms with E-state index < -0.39 is 14.1 Å². The van der Waals surface area contributed by atoms with Gasteiger partial charge in [0.1, 0.15) is 0 Å². The first-order valence-corrected chi connectivity index (χ1v) is 13.4. The van der Waals surface area contributed by atoms with Crippen molar-refractivity contribution in [3.05, 3.63) is 89.7 Å². The fourth-order valence-corrected chi connectivity index (χ4v) is 9.51. The lowest BCUT2D eigenvalue weighted by atomic mass is 9.83. The van der Waals surface area contributed by atoms with Crippen molar-refractivity contribution in [1.29, 1.82) is 0 Å². The van der Waals surface area contributed by atoms with Crippen molar-refractivity contribution in [3.63, 3.8) is 0 Å². The van der Waals surface area contributed by atoms with E-state index in [1.807, 2.05) is 0 Å². The van der Waals surface area contributed by atoms with Crippen molar-refractivity contribution in [1.82, 2.24) is 0 Å². The second-order valence-electron chi connectivity index (χ2n) is 9.63. The highest BCUT2D eigenvalue weighted by Gasteiger charge is 2.52. The molecule has 0 atom stereocenters. The first-order valence-electron chi connectivity index (χ1n) is 11.2. The van der Waals surface area contributed by atoms with E-state index >= 15 is 0 Å². The zero-order valence-corrected chi connectivity index (χ0v) is 20.6. The molecule has 1 fully saturated rings. The van der Waals surface area contributed by atoms with Crippen molar-refractivity contribution in [2.45, 2.75) is 44.8 Å². The van der Waals surface area contributed by atoms with Crippen LogP contribution in [-0.2, 0) is 4.43 Å². The van der Waals surface area contributed by atoms with Crippen LogP contribution in [0.3, 0.4) is 0 Å². The van der Waals surface area contributed by atoms with Gasteiger partial charge < -0.3 is 9.16 Å². The van der Waals surface area contributed by atoms with E-state index in [-0.39, 0.29) is 16.9 Å². The minimum atomic E-state index is -2.53. The van der Waals surface area contributed by atoms with Crippen LogP contribution in [0.5, 0.6) is 5.75 Å². The third kappa shape index (κ3) is 4.63. The third-order valence-electron chi connectivity index (χ3n) is 6.32. The van der Waals surface area contributed by atoms with Gasteiger partial charge >= 0.3 is 0 Å². The molecule has 1 saturated carbocycles. The molecule has 3 aromatic rings. The molecule has 0 heterocycles. The summed E-state index contributed by atoms with van der Waals surface area (Å²) in [5.41, 5.74) is 0. The zero-order valence-electron chi connectivity index (χ0n) is 18.9. The van der Waals surface area contributed by atoms with Crippen LogP contribution in [0.25, 0.3) is 0 Å². The molecule has 1 aliphatic rings. The smallest absolute Gasteiger partial charge is 0.261 e. The molecule has 0 aromatic heterocycles. The number of rotatable bonds is 7. The Morgan fingerprint density at radius 3 is 1.97 bits per heavy atom. The highest BCUT2D eigenvalue weighted by molar-refractivity contribution is 6.99. The highest BCUT2D eigenvalue weighted by atomic mass is 35.5. The molecule has 0 bridgehead atoms. The summed E-state index contributed by atoms with van der Waals surface area (Å²) in [4.78, 5) is 0. The Bertz CT molecular complexity index is 991. The van der Waals surface area contributed by atoms with E-state index in [1.54, 1.807) is 12.1 Å². The fourth-order valence-electron chi connectivity index (χ4n) is 4.65. The van der Waals surface area contributed by atoms with Gasteiger partial charge in [0, 0.05) is 11.1 Å². The Morgan fingerprint density at radius 2 is 1.47 bits per heavy atom. The molecule has 32 heavy (non-hydrogen) atoms. The van der Waals surface area contributed by atoms with Crippen LogP contribution in [0.15, 0.2) is 78.9 Å². The standard InChI is InChI=1S/C27H30ClFO2Si/c1-27(2,3)32(23-10-6-4-7-11-23,24-12-8-5-9-13-24)31-22-16-20(17-22)19-30-26-15-14-21(28)18-25(26)29/h4-15,18,20,22H,16-17,19H2,1-3H3/t20-,22+. The molecule has 3 aromatic carbocycles. The molecule has 0 unspecified atom stereocenters. The average molecular weight is 469 g/mol. The molecule has 5 heteroatoms. The second-order valence-corrected chi connectivity index (χ2v) is 14.3. The lowest BCUT2D eigenvalue weighted by Crippen LogP contribution is -2.68. The van der Waals surface area contributed by atoms with Crippen LogP contribution < -0.4 is 15.1 Å². The molecule has 0 amide bonds. The maximum absolute atomic E-state index is 14.0. The molecule has 168 valence electrons. The third-order valence-corrected chi connectivity index (χ3v) is 11.6. The van der Waals surface area contributed by atoms with Gasteiger partial charge in [0.2, 0.25) is 0 Å². The Labute approximate surface area is 196 Å². The van der Waals surface area contributed by atoms with Gasteiger partial charge in [-0.05, 0) is 52.4 Å². The first-order chi connectivity index (χ1) is 15.3. The predicted octanol–water partition coefficient (Wildman–Crippen LogP) is 6.21. The summed E-state index contributed by atoms with van der Waals surface area (Å²) < 4.78 is 26.9. The largest absolute Gasteiger partial charge is 0.490 e. The number of hydrogen-bond acceptors (Lipinski definition) is 2. The van der Waals surface area contributed by atoms with Crippen LogP contribution in [-0.4, -0.2) is 21.0 Å². The van der Waals surface area contributed by atoms with Crippen molar-refractivity contribution in [3.8, 4) is 5.75 Å². The SMILES string of the molecule is CC(C)(C)[Si](O[C@H]1C[C@@H](COc2ccc(Cl)cc2F)C1)(c1ccccc1)c1ccccc1. The topological polar surface area (TPSA) is 18.5 Å². The summed E-state index contributed by atoms with van der Waals surface area (Å²) in [5.74, 6) is 0.191.